The van der Waals surface area contributed by atoms with E-state index in [2.05, 4.69) is 33.0 Å². The molecule has 0 radical (unpaired) electrons. The highest BCUT2D eigenvalue weighted by atomic mass is 35.5. The summed E-state index contributed by atoms with van der Waals surface area (Å²) in [7, 11) is 0. The maximum Gasteiger partial charge on any atom is 0.248 e. The van der Waals surface area contributed by atoms with Crippen molar-refractivity contribution >= 4 is 18.3 Å². The number of halogens is 1. The minimum Gasteiger partial charge on any atom is -0.350 e. The van der Waals surface area contributed by atoms with E-state index in [1.54, 1.807) is 6.20 Å². The molecule has 1 aliphatic heterocycles. The molecule has 1 aromatic carbocycles. The van der Waals surface area contributed by atoms with Crippen molar-refractivity contribution in [3.8, 4) is 0 Å². The number of nitrogens with one attached hydrogen (secondary N) is 2. The highest BCUT2D eigenvalue weighted by molar-refractivity contribution is 5.85. The number of hydrogen-bond donors (Lipinski definition) is 2. The van der Waals surface area contributed by atoms with Crippen molar-refractivity contribution in [2.45, 2.75) is 31.5 Å². The van der Waals surface area contributed by atoms with Gasteiger partial charge in [-0.2, -0.15) is 10.2 Å². The van der Waals surface area contributed by atoms with Crippen LogP contribution in [0, 0.1) is 0 Å². The summed E-state index contributed by atoms with van der Waals surface area (Å²) >= 11 is 0. The number of nitrogens with zero attached hydrogens (tertiary/aromatic N) is 4. The van der Waals surface area contributed by atoms with Gasteiger partial charge in [0.25, 0.3) is 0 Å². The Labute approximate surface area is 170 Å². The Hall–Kier alpha value is -2.64. The fourth-order valence-electron chi connectivity index (χ4n) is 3.62. The molecule has 148 valence electrons. The average molecular weight is 401 g/mol. The number of benzene rings is 1. The lowest BCUT2D eigenvalue weighted by Gasteiger charge is -2.36. The Morgan fingerprint density at radius 2 is 1.89 bits per heavy atom. The van der Waals surface area contributed by atoms with E-state index in [0.29, 0.717) is 6.54 Å². The second-order valence-corrected chi connectivity index (χ2v) is 6.95. The number of aromatic nitrogens is 4. The molecule has 0 unspecified atom stereocenters. The predicted molar refractivity (Wildman–Crippen MR) is 109 cm³/mol. The zero-order chi connectivity index (χ0) is 18.5. The van der Waals surface area contributed by atoms with Crippen LogP contribution in [0.5, 0.6) is 0 Å². The van der Waals surface area contributed by atoms with Crippen LogP contribution in [-0.2, 0) is 23.4 Å². The lowest BCUT2D eigenvalue weighted by Crippen LogP contribution is -2.54. The molecule has 1 aliphatic rings. The minimum absolute atomic E-state index is 0. The monoisotopic (exact) mass is 400 g/mol. The molecule has 0 saturated carbocycles. The van der Waals surface area contributed by atoms with Crippen LogP contribution in [0.15, 0.2) is 61.2 Å². The molecule has 8 heteroatoms. The van der Waals surface area contributed by atoms with Gasteiger partial charge in [-0.25, -0.2) is 0 Å². The van der Waals surface area contributed by atoms with Crippen LogP contribution in [0.4, 0.5) is 0 Å². The van der Waals surface area contributed by atoms with Crippen molar-refractivity contribution in [1.29, 1.82) is 0 Å². The standard InChI is InChI=1S/C20H24N6O.ClH/c27-19(20(7-10-21-11-8-20)26-12-4-9-23-26)22-13-18-14-24-25(16-18)15-17-5-2-1-3-6-17;/h1-6,9,12,14,16,21H,7-8,10-11,13,15H2,(H,22,27);1H. The van der Waals surface area contributed by atoms with Gasteiger partial charge in [0.05, 0.1) is 12.7 Å². The van der Waals surface area contributed by atoms with Crippen LogP contribution in [0.3, 0.4) is 0 Å². The Morgan fingerprint density at radius 3 is 2.61 bits per heavy atom. The van der Waals surface area contributed by atoms with Crippen molar-refractivity contribution in [1.82, 2.24) is 30.2 Å². The summed E-state index contributed by atoms with van der Waals surface area (Å²) in [5.74, 6) is 0.0171. The molecule has 1 amide bonds. The third kappa shape index (κ3) is 4.26. The van der Waals surface area contributed by atoms with Gasteiger partial charge < -0.3 is 10.6 Å². The highest BCUT2D eigenvalue weighted by Crippen LogP contribution is 2.27. The van der Waals surface area contributed by atoms with Crippen molar-refractivity contribution in [3.05, 3.63) is 72.3 Å². The number of rotatable bonds is 6. The van der Waals surface area contributed by atoms with Crippen LogP contribution >= 0.6 is 12.4 Å². The summed E-state index contributed by atoms with van der Waals surface area (Å²) in [5.41, 5.74) is 1.57. The normalized spacial score (nSPS) is 15.6. The summed E-state index contributed by atoms with van der Waals surface area (Å²) in [6.45, 7) is 2.80. The first-order valence-electron chi connectivity index (χ1n) is 9.31. The summed E-state index contributed by atoms with van der Waals surface area (Å²) in [6, 6.07) is 12.1. The van der Waals surface area contributed by atoms with E-state index < -0.39 is 5.54 Å². The molecular formula is C20H25ClN6O. The summed E-state index contributed by atoms with van der Waals surface area (Å²) in [4.78, 5) is 13.1. The lowest BCUT2D eigenvalue weighted by molar-refractivity contribution is -0.132. The average Bonchev–Trinajstić information content (AvgIpc) is 3.40. The fourth-order valence-corrected chi connectivity index (χ4v) is 3.62. The number of carbonyl (C=O) groups is 1. The number of hydrogen-bond acceptors (Lipinski definition) is 4. The molecule has 7 nitrogen and oxygen atoms in total. The smallest absolute Gasteiger partial charge is 0.248 e. The molecule has 0 bridgehead atoms. The molecule has 1 saturated heterocycles. The van der Waals surface area contributed by atoms with Gasteiger partial charge in [-0.05, 0) is 37.6 Å². The van der Waals surface area contributed by atoms with E-state index in [1.807, 2.05) is 52.2 Å². The second kappa shape index (κ2) is 9.03. The second-order valence-electron chi connectivity index (χ2n) is 6.95. The molecule has 3 heterocycles. The summed E-state index contributed by atoms with van der Waals surface area (Å²) < 4.78 is 3.70. The van der Waals surface area contributed by atoms with Crippen LogP contribution in [0.1, 0.15) is 24.0 Å². The van der Waals surface area contributed by atoms with Gasteiger partial charge in [0.1, 0.15) is 5.54 Å². The van der Waals surface area contributed by atoms with E-state index in [1.165, 1.54) is 5.56 Å². The largest absolute Gasteiger partial charge is 0.350 e. The van der Waals surface area contributed by atoms with Crippen LogP contribution in [0.2, 0.25) is 0 Å². The van der Waals surface area contributed by atoms with Gasteiger partial charge in [0.2, 0.25) is 5.91 Å². The minimum atomic E-state index is -0.616. The number of carbonyl (C=O) groups excluding carboxylic acids is 1. The van der Waals surface area contributed by atoms with Gasteiger partial charge >= 0.3 is 0 Å². The molecule has 0 aliphatic carbocycles. The Kier molecular flexibility index (Phi) is 6.49. The van der Waals surface area contributed by atoms with Gasteiger partial charge in [0, 0.05) is 30.7 Å². The summed E-state index contributed by atoms with van der Waals surface area (Å²) in [6.07, 6.45) is 8.86. The third-order valence-corrected chi connectivity index (χ3v) is 5.12. The predicted octanol–water partition coefficient (Wildman–Crippen LogP) is 1.94. The van der Waals surface area contributed by atoms with Gasteiger partial charge in [-0.3, -0.25) is 14.2 Å². The van der Waals surface area contributed by atoms with Crippen molar-refractivity contribution in [2.75, 3.05) is 13.1 Å². The van der Waals surface area contributed by atoms with Gasteiger partial charge in [-0.15, -0.1) is 12.4 Å². The zero-order valence-corrected chi connectivity index (χ0v) is 16.4. The first-order valence-corrected chi connectivity index (χ1v) is 9.31. The lowest BCUT2D eigenvalue weighted by atomic mass is 9.87. The Morgan fingerprint density at radius 1 is 1.11 bits per heavy atom. The zero-order valence-electron chi connectivity index (χ0n) is 15.6. The molecule has 1 fully saturated rings. The first kappa shape index (κ1) is 20.1. The van der Waals surface area contributed by atoms with Crippen molar-refractivity contribution < 1.29 is 4.79 Å². The quantitative estimate of drug-likeness (QED) is 0.663. The first-order chi connectivity index (χ1) is 13.3. The SMILES string of the molecule is Cl.O=C(NCc1cnn(Cc2ccccc2)c1)C1(n2cccn2)CCNCC1. The molecule has 3 aromatic rings. The fraction of sp³-hybridized carbons (Fsp3) is 0.350. The van der Waals surface area contributed by atoms with E-state index in [9.17, 15) is 4.79 Å². The van der Waals surface area contributed by atoms with Crippen LogP contribution < -0.4 is 10.6 Å². The van der Waals surface area contributed by atoms with Crippen molar-refractivity contribution in [2.24, 2.45) is 0 Å². The van der Waals surface area contributed by atoms with Crippen LogP contribution in [-0.4, -0.2) is 38.6 Å². The molecule has 0 atom stereocenters. The van der Waals surface area contributed by atoms with E-state index in [0.717, 1.165) is 38.0 Å². The van der Waals surface area contributed by atoms with E-state index in [4.69, 9.17) is 0 Å². The number of amides is 1. The molecule has 2 N–H and O–H groups in total. The molecule has 0 spiro atoms. The maximum absolute atomic E-state index is 13.1. The molecule has 4 rings (SSSR count). The summed E-state index contributed by atoms with van der Waals surface area (Å²) in [5, 5.41) is 15.2. The van der Waals surface area contributed by atoms with E-state index in [-0.39, 0.29) is 18.3 Å². The Balaban J connectivity index is 0.00000225. The van der Waals surface area contributed by atoms with Crippen LogP contribution in [0.25, 0.3) is 0 Å². The topological polar surface area (TPSA) is 76.8 Å². The van der Waals surface area contributed by atoms with E-state index >= 15 is 0 Å². The molecular weight excluding hydrogens is 376 g/mol. The number of piperidine rings is 1. The van der Waals surface area contributed by atoms with Gasteiger partial charge in [0.15, 0.2) is 0 Å². The third-order valence-electron chi connectivity index (χ3n) is 5.12. The highest BCUT2D eigenvalue weighted by Gasteiger charge is 2.41. The molecule has 2 aromatic heterocycles. The van der Waals surface area contributed by atoms with Crippen molar-refractivity contribution in [3.63, 3.8) is 0 Å². The van der Waals surface area contributed by atoms with Gasteiger partial charge in [-0.1, -0.05) is 30.3 Å². The maximum atomic E-state index is 13.1. The molecule has 28 heavy (non-hydrogen) atoms. The Bertz CT molecular complexity index is 871.